The number of amides is 2. The van der Waals surface area contributed by atoms with Gasteiger partial charge in [0.25, 0.3) is 5.91 Å². The summed E-state index contributed by atoms with van der Waals surface area (Å²) in [7, 11) is 3.38. The molecule has 0 bridgehead atoms. The van der Waals surface area contributed by atoms with Crippen LogP contribution in [0, 0.1) is 6.92 Å². The summed E-state index contributed by atoms with van der Waals surface area (Å²) in [6.07, 6.45) is 3.57. The van der Waals surface area contributed by atoms with E-state index in [1.807, 2.05) is 36.1 Å². The minimum atomic E-state index is -0.231. The van der Waals surface area contributed by atoms with E-state index >= 15 is 0 Å². The number of carbonyl (C=O) groups is 2. The molecule has 1 saturated heterocycles. The van der Waals surface area contributed by atoms with Gasteiger partial charge in [0.2, 0.25) is 5.91 Å². The minimum Gasteiger partial charge on any atom is -0.497 e. The van der Waals surface area contributed by atoms with Gasteiger partial charge in [0.1, 0.15) is 17.3 Å². The van der Waals surface area contributed by atoms with Gasteiger partial charge in [-0.2, -0.15) is 5.10 Å². The maximum absolute atomic E-state index is 13.2. The van der Waals surface area contributed by atoms with Crippen molar-refractivity contribution in [2.75, 3.05) is 18.6 Å². The van der Waals surface area contributed by atoms with Crippen molar-refractivity contribution in [3.8, 4) is 5.75 Å². The van der Waals surface area contributed by atoms with E-state index in [9.17, 15) is 9.59 Å². The zero-order valence-electron chi connectivity index (χ0n) is 19.0. The molecule has 0 unspecified atom stereocenters. The lowest BCUT2D eigenvalue weighted by Gasteiger charge is -2.25. The first kappa shape index (κ1) is 21.1. The van der Waals surface area contributed by atoms with Gasteiger partial charge >= 0.3 is 0 Å². The summed E-state index contributed by atoms with van der Waals surface area (Å²) in [5, 5.41) is 4.12. The molecular formula is C24H26N6O3. The Morgan fingerprint density at radius 1 is 1.24 bits per heavy atom. The molecule has 4 heterocycles. The molecule has 1 atom stereocenters. The predicted molar refractivity (Wildman–Crippen MR) is 121 cm³/mol. The van der Waals surface area contributed by atoms with Gasteiger partial charge in [0.15, 0.2) is 5.82 Å². The Hall–Kier alpha value is -3.75. The average molecular weight is 447 g/mol. The van der Waals surface area contributed by atoms with Gasteiger partial charge in [-0.25, -0.2) is 9.97 Å². The number of anilines is 1. The number of carbonyl (C=O) groups excluding carboxylic acids is 2. The molecule has 9 nitrogen and oxygen atoms in total. The van der Waals surface area contributed by atoms with Crippen molar-refractivity contribution in [1.82, 2.24) is 24.6 Å². The molecule has 0 radical (unpaired) electrons. The molecule has 5 rings (SSSR count). The number of aryl methyl sites for hydroxylation is 2. The van der Waals surface area contributed by atoms with Gasteiger partial charge in [0.05, 0.1) is 26.1 Å². The van der Waals surface area contributed by atoms with E-state index < -0.39 is 0 Å². The highest BCUT2D eigenvalue weighted by Gasteiger charge is 2.37. The minimum absolute atomic E-state index is 0.00314. The molecule has 2 aliphatic heterocycles. The molecular weight excluding hydrogens is 420 g/mol. The SMILES string of the molecule is COc1cccc(CN2C(=O)Cc3c(C)nc([C@@H]4CCCN4C(=O)c4ccnn4C)nc32)c1. The van der Waals surface area contributed by atoms with Crippen LogP contribution in [-0.2, 0) is 24.8 Å². The lowest BCUT2D eigenvalue weighted by atomic mass is 10.1. The molecule has 3 aromatic rings. The number of hydrogen-bond donors (Lipinski definition) is 0. The summed E-state index contributed by atoms with van der Waals surface area (Å²) in [6.45, 7) is 2.95. The summed E-state index contributed by atoms with van der Waals surface area (Å²) < 4.78 is 6.91. The molecule has 1 aromatic carbocycles. The zero-order chi connectivity index (χ0) is 23.1. The third kappa shape index (κ3) is 3.73. The first-order valence-electron chi connectivity index (χ1n) is 11.1. The van der Waals surface area contributed by atoms with E-state index in [4.69, 9.17) is 14.7 Å². The Bertz CT molecular complexity index is 1240. The first-order chi connectivity index (χ1) is 16.0. The number of nitrogens with zero attached hydrogens (tertiary/aromatic N) is 6. The third-order valence-electron chi connectivity index (χ3n) is 6.42. The summed E-state index contributed by atoms with van der Waals surface area (Å²) in [5.74, 6) is 1.89. The van der Waals surface area contributed by atoms with Crippen molar-refractivity contribution < 1.29 is 14.3 Å². The number of ether oxygens (including phenoxy) is 1. The Balaban J connectivity index is 1.47. The fraction of sp³-hybridized carbons (Fsp3) is 0.375. The quantitative estimate of drug-likeness (QED) is 0.598. The topological polar surface area (TPSA) is 93.5 Å². The number of rotatable bonds is 5. The average Bonchev–Trinajstić information content (AvgIpc) is 3.54. The zero-order valence-corrected chi connectivity index (χ0v) is 19.0. The summed E-state index contributed by atoms with van der Waals surface area (Å²) in [6, 6.07) is 9.17. The van der Waals surface area contributed by atoms with Crippen LogP contribution in [0.5, 0.6) is 5.75 Å². The van der Waals surface area contributed by atoms with E-state index in [0.717, 1.165) is 35.4 Å². The van der Waals surface area contributed by atoms with Crippen LogP contribution >= 0.6 is 0 Å². The van der Waals surface area contributed by atoms with Gasteiger partial charge in [-0.1, -0.05) is 12.1 Å². The fourth-order valence-corrected chi connectivity index (χ4v) is 4.67. The van der Waals surface area contributed by atoms with E-state index in [1.165, 1.54) is 0 Å². The third-order valence-corrected chi connectivity index (χ3v) is 6.42. The molecule has 0 saturated carbocycles. The summed E-state index contributed by atoms with van der Waals surface area (Å²) in [4.78, 5) is 39.2. The van der Waals surface area contributed by atoms with Crippen LogP contribution < -0.4 is 9.64 Å². The van der Waals surface area contributed by atoms with E-state index in [2.05, 4.69) is 5.10 Å². The van der Waals surface area contributed by atoms with E-state index in [-0.39, 0.29) is 24.3 Å². The molecule has 2 amide bonds. The summed E-state index contributed by atoms with van der Waals surface area (Å²) >= 11 is 0. The molecule has 2 aromatic heterocycles. The van der Waals surface area contributed by atoms with Gasteiger partial charge in [-0.15, -0.1) is 0 Å². The highest BCUT2D eigenvalue weighted by Crippen LogP contribution is 2.36. The lowest BCUT2D eigenvalue weighted by molar-refractivity contribution is -0.117. The van der Waals surface area contributed by atoms with E-state index in [0.29, 0.717) is 30.4 Å². The molecule has 33 heavy (non-hydrogen) atoms. The van der Waals surface area contributed by atoms with Crippen LogP contribution in [-0.4, -0.2) is 50.1 Å². The Morgan fingerprint density at radius 3 is 2.85 bits per heavy atom. The Kier molecular flexibility index (Phi) is 5.32. The highest BCUT2D eigenvalue weighted by molar-refractivity contribution is 6.00. The Labute approximate surface area is 192 Å². The second kappa shape index (κ2) is 8.31. The largest absolute Gasteiger partial charge is 0.497 e. The molecule has 0 spiro atoms. The van der Waals surface area contributed by atoms with Gasteiger partial charge < -0.3 is 9.64 Å². The van der Waals surface area contributed by atoms with Crippen LogP contribution in [0.1, 0.15) is 52.0 Å². The second-order valence-corrected chi connectivity index (χ2v) is 8.47. The lowest BCUT2D eigenvalue weighted by Crippen LogP contribution is -2.33. The maximum Gasteiger partial charge on any atom is 0.272 e. The number of methoxy groups -OCH3 is 1. The standard InChI is InChI=1S/C24H26N6O3/c1-15-18-13-21(31)30(14-16-6-4-7-17(12-16)33-3)23(18)27-22(26-15)19-8-5-11-29(19)24(32)20-9-10-25-28(20)2/h4,6-7,9-10,12,19H,5,8,11,13-14H2,1-3H3/t19-/m0/s1. The second-order valence-electron chi connectivity index (χ2n) is 8.47. The van der Waals surface area contributed by atoms with Crippen molar-refractivity contribution >= 4 is 17.6 Å². The number of fused-ring (bicyclic) bond motifs is 1. The molecule has 170 valence electrons. The maximum atomic E-state index is 13.2. The number of likely N-dealkylation sites (tertiary alicyclic amines) is 1. The molecule has 0 aliphatic carbocycles. The predicted octanol–water partition coefficient (Wildman–Crippen LogP) is 2.59. The smallest absolute Gasteiger partial charge is 0.272 e. The van der Waals surface area contributed by atoms with Crippen molar-refractivity contribution in [3.05, 3.63) is 64.9 Å². The molecule has 0 N–H and O–H groups in total. The van der Waals surface area contributed by atoms with Gasteiger partial charge in [-0.3, -0.25) is 19.2 Å². The highest BCUT2D eigenvalue weighted by atomic mass is 16.5. The van der Waals surface area contributed by atoms with Crippen molar-refractivity contribution in [2.24, 2.45) is 7.05 Å². The van der Waals surface area contributed by atoms with Gasteiger partial charge in [0, 0.05) is 31.0 Å². The first-order valence-corrected chi connectivity index (χ1v) is 11.1. The van der Waals surface area contributed by atoms with Crippen molar-refractivity contribution in [2.45, 2.75) is 38.8 Å². The molecule has 9 heteroatoms. The van der Waals surface area contributed by atoms with Gasteiger partial charge in [-0.05, 0) is 43.5 Å². The monoisotopic (exact) mass is 446 g/mol. The van der Waals surface area contributed by atoms with Crippen LogP contribution in [0.15, 0.2) is 36.5 Å². The fourth-order valence-electron chi connectivity index (χ4n) is 4.67. The molecule has 2 aliphatic rings. The number of aromatic nitrogens is 4. The van der Waals surface area contributed by atoms with E-state index in [1.54, 1.807) is 36.0 Å². The van der Waals surface area contributed by atoms with Crippen molar-refractivity contribution in [3.63, 3.8) is 0 Å². The Morgan fingerprint density at radius 2 is 2.09 bits per heavy atom. The summed E-state index contributed by atoms with van der Waals surface area (Å²) in [5.41, 5.74) is 3.14. The van der Waals surface area contributed by atoms with Crippen LogP contribution in [0.4, 0.5) is 5.82 Å². The normalized spacial score (nSPS) is 17.5. The van der Waals surface area contributed by atoms with Crippen LogP contribution in [0.2, 0.25) is 0 Å². The van der Waals surface area contributed by atoms with Crippen LogP contribution in [0.3, 0.4) is 0 Å². The molecule has 1 fully saturated rings. The number of benzene rings is 1. The number of hydrogen-bond acceptors (Lipinski definition) is 6. The van der Waals surface area contributed by atoms with Crippen molar-refractivity contribution in [1.29, 1.82) is 0 Å². The van der Waals surface area contributed by atoms with Crippen LogP contribution in [0.25, 0.3) is 0 Å².